The Bertz CT molecular complexity index is 674. The van der Waals surface area contributed by atoms with Crippen molar-refractivity contribution in [3.63, 3.8) is 0 Å². The first-order valence-corrected chi connectivity index (χ1v) is 5.69. The Morgan fingerprint density at radius 2 is 2.35 bits per heavy atom. The van der Waals surface area contributed by atoms with Gasteiger partial charge in [-0.1, -0.05) is 0 Å². The van der Waals surface area contributed by atoms with E-state index in [0.29, 0.717) is 12.1 Å². The molecule has 0 amide bonds. The van der Waals surface area contributed by atoms with Crippen LogP contribution in [-0.4, -0.2) is 19.6 Å². The van der Waals surface area contributed by atoms with E-state index < -0.39 is 0 Å². The number of nitriles is 1. The van der Waals surface area contributed by atoms with Gasteiger partial charge in [0.2, 0.25) is 4.77 Å². The molecule has 0 aliphatic carbocycles. The fourth-order valence-corrected chi connectivity index (χ4v) is 1.84. The zero-order valence-corrected chi connectivity index (χ0v) is 9.88. The molecule has 2 rings (SSSR count). The van der Waals surface area contributed by atoms with Gasteiger partial charge in [0, 0.05) is 18.2 Å². The first-order valence-electron chi connectivity index (χ1n) is 5.28. The third-order valence-corrected chi connectivity index (χ3v) is 2.67. The van der Waals surface area contributed by atoms with Crippen molar-refractivity contribution in [2.45, 2.75) is 25.7 Å². The second-order valence-corrected chi connectivity index (χ2v) is 4.06. The zero-order chi connectivity index (χ0) is 12.3. The first kappa shape index (κ1) is 11.5. The standard InChI is InChI=1S/C10H11N5OS/c11-5-3-1-2-4-7-6-12-15-8(7)13-9(17)14-10(15)16/h6,12H,1-4H2,(H,14,16,17). The van der Waals surface area contributed by atoms with Gasteiger partial charge in [-0.05, 0) is 31.5 Å². The highest BCUT2D eigenvalue weighted by Gasteiger charge is 2.06. The lowest BCUT2D eigenvalue weighted by molar-refractivity contribution is 0.754. The number of hydrogen-bond donors (Lipinski definition) is 2. The molecule has 0 spiro atoms. The molecule has 0 radical (unpaired) electrons. The lowest BCUT2D eigenvalue weighted by Gasteiger charge is -1.96. The van der Waals surface area contributed by atoms with Gasteiger partial charge in [0.05, 0.1) is 6.07 Å². The Kier molecular flexibility index (Phi) is 3.35. The van der Waals surface area contributed by atoms with Crippen LogP contribution >= 0.6 is 12.2 Å². The summed E-state index contributed by atoms with van der Waals surface area (Å²) >= 11 is 4.87. The van der Waals surface area contributed by atoms with E-state index in [-0.39, 0.29) is 10.5 Å². The van der Waals surface area contributed by atoms with Crippen molar-refractivity contribution in [1.29, 1.82) is 5.26 Å². The molecule has 0 fully saturated rings. The van der Waals surface area contributed by atoms with E-state index in [1.165, 1.54) is 4.52 Å². The van der Waals surface area contributed by atoms with Crippen molar-refractivity contribution in [1.82, 2.24) is 19.6 Å². The van der Waals surface area contributed by atoms with Crippen LogP contribution in [0, 0.1) is 16.1 Å². The topological polar surface area (TPSA) is 89.7 Å². The molecule has 2 heterocycles. The van der Waals surface area contributed by atoms with E-state index in [2.05, 4.69) is 21.1 Å². The van der Waals surface area contributed by atoms with Crippen molar-refractivity contribution in [3.05, 3.63) is 27.0 Å². The minimum absolute atomic E-state index is 0.188. The molecule has 17 heavy (non-hydrogen) atoms. The summed E-state index contributed by atoms with van der Waals surface area (Å²) in [5, 5.41) is 11.3. The van der Waals surface area contributed by atoms with Crippen molar-refractivity contribution < 1.29 is 0 Å². The molecule has 0 aliphatic rings. The molecule has 2 aromatic heterocycles. The van der Waals surface area contributed by atoms with Gasteiger partial charge in [0.15, 0.2) is 5.65 Å². The monoisotopic (exact) mass is 249 g/mol. The highest BCUT2D eigenvalue weighted by Crippen LogP contribution is 2.09. The summed E-state index contributed by atoms with van der Waals surface area (Å²) in [6, 6.07) is 2.10. The SMILES string of the molecule is N#CCCCCc1c[nH]n2c(=O)[nH]c(=S)nc12. The average molecular weight is 249 g/mol. The molecule has 7 heteroatoms. The number of unbranched alkanes of at least 4 members (excludes halogenated alkanes) is 2. The summed E-state index contributed by atoms with van der Waals surface area (Å²) in [4.78, 5) is 18.1. The summed E-state index contributed by atoms with van der Waals surface area (Å²) < 4.78 is 1.52. The number of aromatic amines is 2. The number of fused-ring (bicyclic) bond motifs is 1. The van der Waals surface area contributed by atoms with Crippen LogP contribution in [0.4, 0.5) is 0 Å². The van der Waals surface area contributed by atoms with E-state index in [0.717, 1.165) is 24.8 Å². The molecule has 0 aliphatic heterocycles. The van der Waals surface area contributed by atoms with E-state index >= 15 is 0 Å². The number of aromatic nitrogens is 4. The molecule has 0 saturated heterocycles. The normalized spacial score (nSPS) is 10.5. The Hall–Kier alpha value is -1.94. The molecule has 2 aromatic rings. The number of aryl methyl sites for hydroxylation is 1. The molecule has 0 bridgehead atoms. The van der Waals surface area contributed by atoms with Crippen molar-refractivity contribution >= 4 is 17.9 Å². The van der Waals surface area contributed by atoms with Gasteiger partial charge < -0.3 is 0 Å². The summed E-state index contributed by atoms with van der Waals surface area (Å²) in [5.74, 6) is 0. The highest BCUT2D eigenvalue weighted by atomic mass is 32.1. The highest BCUT2D eigenvalue weighted by molar-refractivity contribution is 7.71. The lowest BCUT2D eigenvalue weighted by Crippen LogP contribution is -2.18. The maximum atomic E-state index is 11.5. The summed E-state index contributed by atoms with van der Waals surface area (Å²) in [6.07, 6.45) is 4.81. The molecular weight excluding hydrogens is 238 g/mol. The van der Waals surface area contributed by atoms with Gasteiger partial charge >= 0.3 is 5.69 Å². The largest absolute Gasteiger partial charge is 0.348 e. The van der Waals surface area contributed by atoms with Crippen molar-refractivity contribution in [2.24, 2.45) is 0 Å². The number of H-pyrrole nitrogens is 2. The minimum atomic E-state index is -0.316. The Morgan fingerprint density at radius 1 is 1.53 bits per heavy atom. The Labute approximate surface area is 102 Å². The molecule has 0 saturated carbocycles. The first-order chi connectivity index (χ1) is 8.22. The second-order valence-electron chi connectivity index (χ2n) is 3.67. The number of rotatable bonds is 4. The molecule has 0 atom stereocenters. The van der Waals surface area contributed by atoms with Crippen LogP contribution < -0.4 is 5.69 Å². The Balaban J connectivity index is 2.27. The van der Waals surface area contributed by atoms with Crippen LogP contribution in [0.2, 0.25) is 0 Å². The maximum Gasteiger partial charge on any atom is 0.348 e. The van der Waals surface area contributed by atoms with Gasteiger partial charge in [-0.2, -0.15) is 9.78 Å². The predicted molar refractivity (Wildman–Crippen MR) is 64.2 cm³/mol. The minimum Gasteiger partial charge on any atom is -0.295 e. The van der Waals surface area contributed by atoms with Gasteiger partial charge in [0.1, 0.15) is 0 Å². The van der Waals surface area contributed by atoms with Crippen LogP contribution in [-0.2, 0) is 6.42 Å². The maximum absolute atomic E-state index is 11.5. The molecule has 0 aromatic carbocycles. The number of nitrogens with zero attached hydrogens (tertiary/aromatic N) is 3. The third-order valence-electron chi connectivity index (χ3n) is 2.48. The van der Waals surface area contributed by atoms with Gasteiger partial charge in [-0.25, -0.2) is 9.78 Å². The number of hydrogen-bond acceptors (Lipinski definition) is 4. The molecule has 0 unspecified atom stereocenters. The summed E-state index contributed by atoms with van der Waals surface area (Å²) in [7, 11) is 0. The molecule has 6 nitrogen and oxygen atoms in total. The third kappa shape index (κ3) is 2.42. The number of nitrogens with one attached hydrogen (secondary N) is 2. The van der Waals surface area contributed by atoms with Crippen LogP contribution in [0.1, 0.15) is 24.8 Å². The second kappa shape index (κ2) is 4.93. The van der Waals surface area contributed by atoms with E-state index in [1.807, 2.05) is 0 Å². The average Bonchev–Trinajstić information content (AvgIpc) is 2.68. The van der Waals surface area contributed by atoms with Gasteiger partial charge in [-0.3, -0.25) is 10.1 Å². The van der Waals surface area contributed by atoms with E-state index in [4.69, 9.17) is 17.5 Å². The van der Waals surface area contributed by atoms with Crippen LogP contribution in [0.15, 0.2) is 11.0 Å². The Morgan fingerprint density at radius 3 is 3.12 bits per heavy atom. The lowest BCUT2D eigenvalue weighted by atomic mass is 10.1. The van der Waals surface area contributed by atoms with Gasteiger partial charge in [0.25, 0.3) is 0 Å². The fourth-order valence-electron chi connectivity index (χ4n) is 1.66. The van der Waals surface area contributed by atoms with Crippen LogP contribution in [0.3, 0.4) is 0 Å². The summed E-state index contributed by atoms with van der Waals surface area (Å²) in [5.41, 5.74) is 1.19. The molecular formula is C10H11N5OS. The predicted octanol–water partition coefficient (Wildman–Crippen LogP) is 1.32. The van der Waals surface area contributed by atoms with Crippen molar-refractivity contribution in [3.8, 4) is 6.07 Å². The van der Waals surface area contributed by atoms with Crippen molar-refractivity contribution in [2.75, 3.05) is 0 Å². The van der Waals surface area contributed by atoms with E-state index in [1.54, 1.807) is 6.20 Å². The zero-order valence-electron chi connectivity index (χ0n) is 9.06. The fraction of sp³-hybridized carbons (Fsp3) is 0.400. The molecule has 88 valence electrons. The smallest absolute Gasteiger partial charge is 0.295 e. The van der Waals surface area contributed by atoms with Crippen LogP contribution in [0.25, 0.3) is 5.65 Å². The van der Waals surface area contributed by atoms with Gasteiger partial charge in [-0.15, -0.1) is 0 Å². The van der Waals surface area contributed by atoms with E-state index in [9.17, 15) is 4.79 Å². The quantitative estimate of drug-likeness (QED) is 0.631. The summed E-state index contributed by atoms with van der Waals surface area (Å²) in [6.45, 7) is 0. The molecule has 2 N–H and O–H groups in total. The van der Waals surface area contributed by atoms with Crippen LogP contribution in [0.5, 0.6) is 0 Å².